The van der Waals surface area contributed by atoms with Gasteiger partial charge < -0.3 is 5.32 Å². The second kappa shape index (κ2) is 8.28. The molecule has 0 bridgehead atoms. The first-order valence-corrected chi connectivity index (χ1v) is 11.9. The van der Waals surface area contributed by atoms with E-state index in [1.54, 1.807) is 6.07 Å². The molecule has 26 heavy (non-hydrogen) atoms. The van der Waals surface area contributed by atoms with E-state index in [9.17, 15) is 9.18 Å². The van der Waals surface area contributed by atoms with Gasteiger partial charge in [-0.05, 0) is 53.7 Å². The van der Waals surface area contributed by atoms with E-state index >= 15 is 0 Å². The van der Waals surface area contributed by atoms with Gasteiger partial charge in [0.15, 0.2) is 0 Å². The molecule has 1 atom stereocenters. The largest absolute Gasteiger partial charge is 0.345 e. The van der Waals surface area contributed by atoms with Crippen LogP contribution in [-0.2, 0) is 0 Å². The molecule has 0 aromatic heterocycles. The second-order valence-corrected chi connectivity index (χ2v) is 10.2. The third kappa shape index (κ3) is 3.92. The molecule has 1 N–H and O–H groups in total. The predicted molar refractivity (Wildman–Crippen MR) is 111 cm³/mol. The summed E-state index contributed by atoms with van der Waals surface area (Å²) in [6.07, 6.45) is 2.09. The number of nitrogens with one attached hydrogen (secondary N) is 1. The Morgan fingerprint density at radius 1 is 1.04 bits per heavy atom. The summed E-state index contributed by atoms with van der Waals surface area (Å²) in [6.45, 7) is 0. The Labute approximate surface area is 166 Å². The molecule has 0 spiro atoms. The van der Waals surface area contributed by atoms with Gasteiger partial charge >= 0.3 is 0 Å². The SMILES string of the molecule is O=C(N[C@@H]1CCSc2c(F)cccc21)c1ccc(C2SCCCS2)cc1. The minimum atomic E-state index is -0.196. The highest BCUT2D eigenvalue weighted by molar-refractivity contribution is 8.16. The summed E-state index contributed by atoms with van der Waals surface area (Å²) in [6, 6.07) is 12.9. The van der Waals surface area contributed by atoms with Gasteiger partial charge in [-0.25, -0.2) is 4.39 Å². The molecule has 2 aliphatic heterocycles. The van der Waals surface area contributed by atoms with Crippen LogP contribution in [0.25, 0.3) is 0 Å². The van der Waals surface area contributed by atoms with E-state index in [-0.39, 0.29) is 17.8 Å². The summed E-state index contributed by atoms with van der Waals surface area (Å²) in [5.41, 5.74) is 2.83. The molecular weight excluding hydrogens is 385 g/mol. The van der Waals surface area contributed by atoms with Gasteiger partial charge in [-0.1, -0.05) is 24.3 Å². The molecule has 1 saturated heterocycles. The summed E-state index contributed by atoms with van der Waals surface area (Å²) in [4.78, 5) is 13.3. The zero-order valence-corrected chi connectivity index (χ0v) is 16.7. The molecule has 2 aromatic rings. The molecule has 2 nitrogen and oxygen atoms in total. The van der Waals surface area contributed by atoms with Gasteiger partial charge in [0.2, 0.25) is 0 Å². The molecule has 2 aliphatic rings. The molecule has 0 aliphatic carbocycles. The molecule has 2 aromatic carbocycles. The van der Waals surface area contributed by atoms with E-state index in [1.807, 2.05) is 41.7 Å². The third-order valence-electron chi connectivity index (χ3n) is 4.60. The average molecular weight is 406 g/mol. The van der Waals surface area contributed by atoms with Crippen molar-refractivity contribution < 1.29 is 9.18 Å². The number of carbonyl (C=O) groups excluding carboxylic acids is 1. The van der Waals surface area contributed by atoms with Crippen molar-refractivity contribution in [2.24, 2.45) is 0 Å². The standard InChI is InChI=1S/C20H20FNOS3/c21-16-4-1-3-15-17(9-12-24-18(15)16)22-19(23)13-5-7-14(8-6-13)20-25-10-2-11-26-20/h1,3-8,17,20H,2,9-12H2,(H,22,23)/t17-/m1/s1. The van der Waals surface area contributed by atoms with Crippen LogP contribution in [0.2, 0.25) is 0 Å². The van der Waals surface area contributed by atoms with Crippen LogP contribution in [0.15, 0.2) is 47.4 Å². The molecule has 0 radical (unpaired) electrons. The van der Waals surface area contributed by atoms with E-state index in [1.165, 1.54) is 41.3 Å². The quantitative estimate of drug-likeness (QED) is 0.713. The lowest BCUT2D eigenvalue weighted by Gasteiger charge is -2.26. The van der Waals surface area contributed by atoms with Crippen LogP contribution >= 0.6 is 35.3 Å². The van der Waals surface area contributed by atoms with Gasteiger partial charge in [-0.15, -0.1) is 35.3 Å². The van der Waals surface area contributed by atoms with Crippen molar-refractivity contribution in [2.45, 2.75) is 28.4 Å². The van der Waals surface area contributed by atoms with E-state index in [2.05, 4.69) is 17.4 Å². The van der Waals surface area contributed by atoms with Crippen LogP contribution < -0.4 is 5.32 Å². The van der Waals surface area contributed by atoms with Crippen molar-refractivity contribution in [2.75, 3.05) is 17.3 Å². The molecule has 2 heterocycles. The van der Waals surface area contributed by atoms with Crippen LogP contribution in [0.3, 0.4) is 0 Å². The van der Waals surface area contributed by atoms with Crippen molar-refractivity contribution in [1.82, 2.24) is 5.32 Å². The van der Waals surface area contributed by atoms with Crippen molar-refractivity contribution in [3.63, 3.8) is 0 Å². The van der Waals surface area contributed by atoms with Crippen LogP contribution in [0.4, 0.5) is 4.39 Å². The van der Waals surface area contributed by atoms with Gasteiger partial charge in [0.1, 0.15) is 5.82 Å². The monoisotopic (exact) mass is 405 g/mol. The Kier molecular flexibility index (Phi) is 5.81. The number of carbonyl (C=O) groups is 1. The highest BCUT2D eigenvalue weighted by Crippen LogP contribution is 2.43. The molecule has 0 unspecified atom stereocenters. The van der Waals surface area contributed by atoms with Crippen LogP contribution in [0, 0.1) is 5.82 Å². The van der Waals surface area contributed by atoms with E-state index < -0.39 is 0 Å². The third-order valence-corrected chi connectivity index (χ3v) is 8.78. The summed E-state index contributed by atoms with van der Waals surface area (Å²) in [5, 5.41) is 3.09. The fraction of sp³-hybridized carbons (Fsp3) is 0.350. The number of fused-ring (bicyclic) bond motifs is 1. The summed E-state index contributed by atoms with van der Waals surface area (Å²) >= 11 is 5.48. The fourth-order valence-electron chi connectivity index (χ4n) is 3.25. The zero-order valence-electron chi connectivity index (χ0n) is 14.2. The Hall–Kier alpha value is -1.11. The van der Waals surface area contributed by atoms with Gasteiger partial charge in [-0.3, -0.25) is 4.79 Å². The first kappa shape index (κ1) is 18.3. The number of hydrogen-bond acceptors (Lipinski definition) is 4. The molecule has 1 amide bonds. The second-order valence-electron chi connectivity index (χ2n) is 6.37. The minimum Gasteiger partial charge on any atom is -0.345 e. The van der Waals surface area contributed by atoms with Crippen LogP contribution in [0.1, 0.15) is 45.0 Å². The lowest BCUT2D eigenvalue weighted by Crippen LogP contribution is -2.30. The maximum atomic E-state index is 14.0. The number of amides is 1. The molecular formula is C20H20FNOS3. The van der Waals surface area contributed by atoms with Crippen molar-refractivity contribution in [3.8, 4) is 0 Å². The maximum absolute atomic E-state index is 14.0. The van der Waals surface area contributed by atoms with Crippen molar-refractivity contribution >= 4 is 41.2 Å². The first-order valence-electron chi connectivity index (χ1n) is 8.77. The van der Waals surface area contributed by atoms with Gasteiger partial charge in [0, 0.05) is 16.2 Å². The smallest absolute Gasteiger partial charge is 0.251 e. The fourth-order valence-corrected chi connectivity index (χ4v) is 7.28. The van der Waals surface area contributed by atoms with Crippen LogP contribution in [-0.4, -0.2) is 23.2 Å². The van der Waals surface area contributed by atoms with E-state index in [0.29, 0.717) is 15.0 Å². The first-order chi connectivity index (χ1) is 12.7. The molecule has 1 fully saturated rings. The normalized spacial score (nSPS) is 20.4. The number of hydrogen-bond donors (Lipinski definition) is 1. The van der Waals surface area contributed by atoms with Gasteiger partial charge in [0.05, 0.1) is 10.6 Å². The van der Waals surface area contributed by atoms with Crippen LogP contribution in [0.5, 0.6) is 0 Å². The molecule has 136 valence electrons. The van der Waals surface area contributed by atoms with E-state index in [0.717, 1.165) is 17.7 Å². The highest BCUT2D eigenvalue weighted by atomic mass is 32.2. The Morgan fingerprint density at radius 3 is 2.58 bits per heavy atom. The lowest BCUT2D eigenvalue weighted by atomic mass is 10.0. The average Bonchev–Trinajstić information content (AvgIpc) is 2.69. The van der Waals surface area contributed by atoms with Crippen molar-refractivity contribution in [1.29, 1.82) is 0 Å². The minimum absolute atomic E-state index is 0.0902. The molecule has 0 saturated carbocycles. The lowest BCUT2D eigenvalue weighted by molar-refractivity contribution is 0.0934. The maximum Gasteiger partial charge on any atom is 0.251 e. The zero-order chi connectivity index (χ0) is 17.9. The number of halogens is 1. The number of benzene rings is 2. The highest BCUT2D eigenvalue weighted by Gasteiger charge is 2.25. The van der Waals surface area contributed by atoms with Crippen molar-refractivity contribution in [3.05, 3.63) is 65.0 Å². The summed E-state index contributed by atoms with van der Waals surface area (Å²) in [7, 11) is 0. The Morgan fingerprint density at radius 2 is 1.81 bits per heavy atom. The number of thioether (sulfide) groups is 3. The Balaban J connectivity index is 1.46. The Bertz CT molecular complexity index is 790. The van der Waals surface area contributed by atoms with Gasteiger partial charge in [0.25, 0.3) is 5.91 Å². The van der Waals surface area contributed by atoms with E-state index in [4.69, 9.17) is 0 Å². The van der Waals surface area contributed by atoms with Gasteiger partial charge in [-0.2, -0.15) is 0 Å². The summed E-state index contributed by atoms with van der Waals surface area (Å²) < 4.78 is 14.5. The number of rotatable bonds is 3. The topological polar surface area (TPSA) is 29.1 Å². The molecule has 4 rings (SSSR count). The molecule has 6 heteroatoms. The summed E-state index contributed by atoms with van der Waals surface area (Å²) in [5.74, 6) is 2.94. The predicted octanol–water partition coefficient (Wildman–Crippen LogP) is 5.66.